The fourth-order valence-electron chi connectivity index (χ4n) is 4.39. The highest BCUT2D eigenvalue weighted by Gasteiger charge is 2.37. The van der Waals surface area contributed by atoms with Crippen LogP contribution < -0.4 is 0 Å². The van der Waals surface area contributed by atoms with E-state index in [2.05, 4.69) is 0 Å². The second-order valence-electron chi connectivity index (χ2n) is 9.36. The maximum absolute atomic E-state index is 12.7. The number of rotatable bonds is 16. The SMILES string of the molecule is CC.CCOC(=O)C(C)(CCCCSCCCCC(C)(C(=O)OCC)c1ccccc1)c1ccccc1. The van der Waals surface area contributed by atoms with Crippen LogP contribution in [0, 0.1) is 0 Å². The van der Waals surface area contributed by atoms with Gasteiger partial charge in [-0.3, -0.25) is 9.59 Å². The first-order valence-corrected chi connectivity index (χ1v) is 15.1. The average molecular weight is 529 g/mol. The van der Waals surface area contributed by atoms with Gasteiger partial charge in [0.05, 0.1) is 24.0 Å². The van der Waals surface area contributed by atoms with E-state index in [0.29, 0.717) is 13.2 Å². The van der Waals surface area contributed by atoms with E-state index < -0.39 is 10.8 Å². The van der Waals surface area contributed by atoms with Crippen LogP contribution in [0.1, 0.15) is 91.2 Å². The minimum absolute atomic E-state index is 0.137. The van der Waals surface area contributed by atoms with Gasteiger partial charge in [0.2, 0.25) is 0 Å². The van der Waals surface area contributed by atoms with Gasteiger partial charge in [0.15, 0.2) is 0 Å². The molecule has 0 aliphatic rings. The molecule has 206 valence electrons. The fraction of sp³-hybridized carbons (Fsp3) is 0.562. The third-order valence-electron chi connectivity index (χ3n) is 6.70. The van der Waals surface area contributed by atoms with Crippen molar-refractivity contribution in [3.8, 4) is 0 Å². The Bertz CT molecular complexity index is 813. The van der Waals surface area contributed by atoms with E-state index in [0.717, 1.165) is 61.2 Å². The molecule has 0 saturated heterocycles. The summed E-state index contributed by atoms with van der Waals surface area (Å²) in [5, 5.41) is 0. The van der Waals surface area contributed by atoms with Crippen LogP contribution in [0.15, 0.2) is 60.7 Å². The molecule has 37 heavy (non-hydrogen) atoms. The van der Waals surface area contributed by atoms with Gasteiger partial charge in [-0.2, -0.15) is 11.8 Å². The zero-order valence-electron chi connectivity index (χ0n) is 23.9. The molecule has 0 bridgehead atoms. The molecule has 0 spiro atoms. The van der Waals surface area contributed by atoms with E-state index in [1.807, 2.05) is 114 Å². The Hall–Kier alpha value is -2.27. The van der Waals surface area contributed by atoms with Crippen molar-refractivity contribution in [1.82, 2.24) is 0 Å². The van der Waals surface area contributed by atoms with Crippen LogP contribution in [0.4, 0.5) is 0 Å². The molecule has 2 aromatic carbocycles. The first-order valence-electron chi connectivity index (χ1n) is 13.9. The molecule has 0 amide bonds. The smallest absolute Gasteiger partial charge is 0.316 e. The Labute approximate surface area is 229 Å². The number of carbonyl (C=O) groups is 2. The zero-order chi connectivity index (χ0) is 27.6. The first kappa shape index (κ1) is 32.8. The molecule has 2 unspecified atom stereocenters. The average Bonchev–Trinajstić information content (AvgIpc) is 2.94. The fourth-order valence-corrected chi connectivity index (χ4v) is 5.41. The lowest BCUT2D eigenvalue weighted by atomic mass is 9.78. The molecular weight excluding hydrogens is 480 g/mol. The highest BCUT2D eigenvalue weighted by Crippen LogP contribution is 2.33. The van der Waals surface area contributed by atoms with Gasteiger partial charge in [0.25, 0.3) is 0 Å². The van der Waals surface area contributed by atoms with Crippen LogP contribution in [0.2, 0.25) is 0 Å². The first-order chi connectivity index (χ1) is 17.9. The monoisotopic (exact) mass is 528 g/mol. The van der Waals surface area contributed by atoms with Crippen LogP contribution in [0.3, 0.4) is 0 Å². The van der Waals surface area contributed by atoms with Crippen molar-refractivity contribution in [1.29, 1.82) is 0 Å². The molecule has 0 aliphatic heterocycles. The molecular formula is C32H48O4S. The van der Waals surface area contributed by atoms with Gasteiger partial charge in [-0.1, -0.05) is 87.4 Å². The lowest BCUT2D eigenvalue weighted by Crippen LogP contribution is -2.34. The molecule has 0 heterocycles. The largest absolute Gasteiger partial charge is 0.465 e. The van der Waals surface area contributed by atoms with Crippen LogP contribution in [0.5, 0.6) is 0 Å². The molecule has 0 aliphatic carbocycles. The second kappa shape index (κ2) is 18.1. The number of thioether (sulfide) groups is 1. The van der Waals surface area contributed by atoms with Crippen LogP contribution in [-0.4, -0.2) is 36.7 Å². The summed E-state index contributed by atoms with van der Waals surface area (Å²) in [5.74, 6) is 1.87. The van der Waals surface area contributed by atoms with E-state index in [4.69, 9.17) is 9.47 Å². The second-order valence-corrected chi connectivity index (χ2v) is 10.6. The number of unbranched alkanes of at least 4 members (excludes halogenated alkanes) is 2. The lowest BCUT2D eigenvalue weighted by Gasteiger charge is -2.28. The van der Waals surface area contributed by atoms with E-state index in [-0.39, 0.29) is 11.9 Å². The summed E-state index contributed by atoms with van der Waals surface area (Å²) >= 11 is 1.95. The van der Waals surface area contributed by atoms with Gasteiger partial charge in [-0.15, -0.1) is 0 Å². The summed E-state index contributed by atoms with van der Waals surface area (Å²) < 4.78 is 10.8. The third-order valence-corrected chi connectivity index (χ3v) is 7.86. The molecule has 2 atom stereocenters. The summed E-state index contributed by atoms with van der Waals surface area (Å²) in [6, 6.07) is 19.9. The molecule has 4 nitrogen and oxygen atoms in total. The summed E-state index contributed by atoms with van der Waals surface area (Å²) in [4.78, 5) is 25.4. The van der Waals surface area contributed by atoms with E-state index >= 15 is 0 Å². The minimum Gasteiger partial charge on any atom is -0.465 e. The highest BCUT2D eigenvalue weighted by molar-refractivity contribution is 7.99. The Morgan fingerprint density at radius 2 is 1.00 bits per heavy atom. The molecule has 0 N–H and O–H groups in total. The number of carbonyl (C=O) groups excluding carboxylic acids is 2. The van der Waals surface area contributed by atoms with Crippen LogP contribution in [-0.2, 0) is 29.9 Å². The van der Waals surface area contributed by atoms with Gasteiger partial charge in [-0.25, -0.2) is 0 Å². The molecule has 0 aromatic heterocycles. The van der Waals surface area contributed by atoms with Gasteiger partial charge in [0, 0.05) is 0 Å². The van der Waals surface area contributed by atoms with Crippen molar-refractivity contribution in [2.75, 3.05) is 24.7 Å². The normalized spacial score (nSPS) is 13.9. The van der Waals surface area contributed by atoms with Gasteiger partial charge >= 0.3 is 11.9 Å². The summed E-state index contributed by atoms with van der Waals surface area (Å²) in [6.07, 6.45) is 5.66. The number of benzene rings is 2. The number of esters is 2. The molecule has 5 heteroatoms. The molecule has 0 saturated carbocycles. The number of hydrogen-bond donors (Lipinski definition) is 0. The van der Waals surface area contributed by atoms with E-state index in [9.17, 15) is 9.59 Å². The topological polar surface area (TPSA) is 52.6 Å². The predicted octanol–water partition coefficient (Wildman–Crippen LogP) is 8.13. The van der Waals surface area contributed by atoms with Crippen LogP contribution in [0.25, 0.3) is 0 Å². The molecule has 2 aromatic rings. The molecule has 0 fully saturated rings. The standard InChI is InChI=1S/C30H42O4S.C2H6/c1-5-33-27(31)29(3,25-17-9-7-10-18-25)21-13-15-23-35-24-16-14-22-30(4,28(32)34-6-2)26-19-11-8-12-20-26;1-2/h7-12,17-20H,5-6,13-16,21-24H2,1-4H3;1-2H3. The third kappa shape index (κ3) is 10.2. The summed E-state index contributed by atoms with van der Waals surface area (Å²) in [6.45, 7) is 12.5. The van der Waals surface area contributed by atoms with E-state index in [1.54, 1.807) is 0 Å². The zero-order valence-corrected chi connectivity index (χ0v) is 24.7. The van der Waals surface area contributed by atoms with Crippen molar-refractivity contribution >= 4 is 23.7 Å². The lowest BCUT2D eigenvalue weighted by molar-refractivity contribution is -0.150. The Balaban J connectivity index is 0.00000334. The van der Waals surface area contributed by atoms with Crippen LogP contribution >= 0.6 is 11.8 Å². The Kier molecular flexibility index (Phi) is 16.0. The maximum atomic E-state index is 12.7. The minimum atomic E-state index is -0.600. The Morgan fingerprint density at radius 1 is 0.649 bits per heavy atom. The van der Waals surface area contributed by atoms with Gasteiger partial charge in [0.1, 0.15) is 0 Å². The van der Waals surface area contributed by atoms with Crippen molar-refractivity contribution in [3.05, 3.63) is 71.8 Å². The van der Waals surface area contributed by atoms with Gasteiger partial charge < -0.3 is 9.47 Å². The van der Waals surface area contributed by atoms with Crippen molar-refractivity contribution in [2.45, 2.75) is 90.9 Å². The molecule has 2 rings (SSSR count). The molecule has 0 radical (unpaired) electrons. The summed E-state index contributed by atoms with van der Waals surface area (Å²) in [7, 11) is 0. The predicted molar refractivity (Wildman–Crippen MR) is 157 cm³/mol. The maximum Gasteiger partial charge on any atom is 0.316 e. The Morgan fingerprint density at radius 3 is 1.32 bits per heavy atom. The van der Waals surface area contributed by atoms with Crippen molar-refractivity contribution < 1.29 is 19.1 Å². The van der Waals surface area contributed by atoms with Crippen molar-refractivity contribution in [2.24, 2.45) is 0 Å². The quantitative estimate of drug-likeness (QED) is 0.163. The summed E-state index contributed by atoms with van der Waals surface area (Å²) in [5.41, 5.74) is 0.844. The van der Waals surface area contributed by atoms with Gasteiger partial charge in [-0.05, 0) is 76.0 Å². The highest BCUT2D eigenvalue weighted by atomic mass is 32.2. The van der Waals surface area contributed by atoms with Crippen molar-refractivity contribution in [3.63, 3.8) is 0 Å². The van der Waals surface area contributed by atoms with E-state index in [1.165, 1.54) is 0 Å². The number of ether oxygens (including phenoxy) is 2. The number of hydrogen-bond acceptors (Lipinski definition) is 5.